The van der Waals surface area contributed by atoms with Crippen LogP contribution in [0.15, 0.2) is 24.3 Å². The summed E-state index contributed by atoms with van der Waals surface area (Å²) >= 11 is 0. The molecular formula is C17H26N2O3S. The summed E-state index contributed by atoms with van der Waals surface area (Å²) in [6, 6.07) is 7.24. The lowest BCUT2D eigenvalue weighted by atomic mass is 9.76. The maximum atomic E-state index is 12.4. The summed E-state index contributed by atoms with van der Waals surface area (Å²) in [4.78, 5) is 12.4. The quantitative estimate of drug-likeness (QED) is 0.856. The third-order valence-electron chi connectivity index (χ3n) is 4.39. The first-order valence-electron chi connectivity index (χ1n) is 8.01. The van der Waals surface area contributed by atoms with Gasteiger partial charge in [-0.2, -0.15) is 0 Å². The number of sulfone groups is 1. The Balaban J connectivity index is 1.91. The predicted molar refractivity (Wildman–Crippen MR) is 91.4 cm³/mol. The lowest BCUT2D eigenvalue weighted by Gasteiger charge is -2.35. The Hall–Kier alpha value is -1.40. The summed E-state index contributed by atoms with van der Waals surface area (Å²) < 4.78 is 22.5. The van der Waals surface area contributed by atoms with E-state index in [2.05, 4.69) is 12.2 Å². The smallest absolute Gasteiger partial charge is 0.240 e. The monoisotopic (exact) mass is 338 g/mol. The van der Waals surface area contributed by atoms with Crippen LogP contribution in [0.3, 0.4) is 0 Å². The summed E-state index contributed by atoms with van der Waals surface area (Å²) in [5.74, 6) is 0.419. The zero-order valence-electron chi connectivity index (χ0n) is 13.8. The maximum absolute atomic E-state index is 12.4. The molecule has 1 aromatic rings. The van der Waals surface area contributed by atoms with Gasteiger partial charge in [-0.1, -0.05) is 44.0 Å². The summed E-state index contributed by atoms with van der Waals surface area (Å²) in [5.41, 5.74) is 7.20. The van der Waals surface area contributed by atoms with Crippen LogP contribution in [-0.2, 0) is 26.9 Å². The van der Waals surface area contributed by atoms with Crippen LogP contribution in [0.5, 0.6) is 0 Å². The normalized spacial score (nSPS) is 25.1. The van der Waals surface area contributed by atoms with E-state index in [0.717, 1.165) is 36.8 Å². The molecular weight excluding hydrogens is 312 g/mol. The highest BCUT2D eigenvalue weighted by Gasteiger charge is 2.37. The third-order valence-corrected chi connectivity index (χ3v) is 5.25. The van der Waals surface area contributed by atoms with Crippen molar-refractivity contribution in [2.24, 2.45) is 11.7 Å². The molecule has 1 aliphatic carbocycles. The van der Waals surface area contributed by atoms with E-state index in [4.69, 9.17) is 5.73 Å². The molecule has 0 bridgehead atoms. The average Bonchev–Trinajstić information content (AvgIpc) is 2.44. The molecule has 0 saturated heterocycles. The van der Waals surface area contributed by atoms with Crippen molar-refractivity contribution in [1.29, 1.82) is 0 Å². The molecule has 128 valence electrons. The van der Waals surface area contributed by atoms with Crippen molar-refractivity contribution in [2.45, 2.75) is 50.4 Å². The molecule has 2 unspecified atom stereocenters. The fraction of sp³-hybridized carbons (Fsp3) is 0.588. The van der Waals surface area contributed by atoms with Crippen LogP contribution >= 0.6 is 0 Å². The fourth-order valence-corrected chi connectivity index (χ4v) is 4.01. The van der Waals surface area contributed by atoms with Crippen molar-refractivity contribution >= 4 is 15.7 Å². The summed E-state index contributed by atoms with van der Waals surface area (Å²) in [6.45, 7) is 2.54. The van der Waals surface area contributed by atoms with E-state index in [1.807, 2.05) is 12.1 Å². The number of amides is 1. The standard InChI is InChI=1S/C17H26N2O3S/c1-13-4-3-9-17(18,10-13)16(20)19-11-14-5-7-15(8-6-14)12-23(2,21)22/h5-8,13H,3-4,9-12,18H2,1-2H3,(H,19,20). The van der Waals surface area contributed by atoms with E-state index in [1.54, 1.807) is 12.1 Å². The Morgan fingerprint density at radius 3 is 2.48 bits per heavy atom. The number of nitrogens with two attached hydrogens (primary N) is 1. The Kier molecular flexibility index (Phi) is 5.47. The van der Waals surface area contributed by atoms with Gasteiger partial charge in [0.25, 0.3) is 0 Å². The van der Waals surface area contributed by atoms with Crippen LogP contribution in [0.25, 0.3) is 0 Å². The van der Waals surface area contributed by atoms with Crippen LogP contribution in [0.2, 0.25) is 0 Å². The first kappa shape index (κ1) is 17.9. The third kappa shape index (κ3) is 5.32. The first-order chi connectivity index (χ1) is 10.7. The molecule has 6 heteroatoms. The van der Waals surface area contributed by atoms with Crippen molar-refractivity contribution in [3.63, 3.8) is 0 Å². The lowest BCUT2D eigenvalue weighted by molar-refractivity contribution is -0.128. The van der Waals surface area contributed by atoms with Gasteiger partial charge in [-0.25, -0.2) is 8.42 Å². The summed E-state index contributed by atoms with van der Waals surface area (Å²) in [7, 11) is -3.03. The highest BCUT2D eigenvalue weighted by atomic mass is 32.2. The largest absolute Gasteiger partial charge is 0.350 e. The van der Waals surface area contributed by atoms with Crippen LogP contribution in [0, 0.1) is 5.92 Å². The van der Waals surface area contributed by atoms with Crippen molar-refractivity contribution in [1.82, 2.24) is 5.32 Å². The van der Waals surface area contributed by atoms with Gasteiger partial charge in [0.15, 0.2) is 9.84 Å². The predicted octanol–water partition coefficient (Wildman–Crippen LogP) is 1.75. The minimum absolute atomic E-state index is 0.0312. The van der Waals surface area contributed by atoms with E-state index in [-0.39, 0.29) is 11.7 Å². The zero-order valence-corrected chi connectivity index (χ0v) is 14.7. The topological polar surface area (TPSA) is 89.3 Å². The number of benzene rings is 1. The molecule has 0 heterocycles. The maximum Gasteiger partial charge on any atom is 0.240 e. The van der Waals surface area contributed by atoms with Gasteiger partial charge in [0.2, 0.25) is 5.91 Å². The number of hydrogen-bond acceptors (Lipinski definition) is 4. The van der Waals surface area contributed by atoms with E-state index >= 15 is 0 Å². The summed E-state index contributed by atoms with van der Waals surface area (Å²) in [6.07, 6.45) is 4.80. The second-order valence-corrected chi connectivity index (χ2v) is 9.07. The van der Waals surface area contributed by atoms with Gasteiger partial charge >= 0.3 is 0 Å². The van der Waals surface area contributed by atoms with E-state index in [9.17, 15) is 13.2 Å². The van der Waals surface area contributed by atoms with Gasteiger partial charge in [-0.15, -0.1) is 0 Å². The van der Waals surface area contributed by atoms with Crippen LogP contribution in [0.1, 0.15) is 43.7 Å². The van der Waals surface area contributed by atoms with Crippen LogP contribution in [-0.4, -0.2) is 26.1 Å². The van der Waals surface area contributed by atoms with Gasteiger partial charge < -0.3 is 11.1 Å². The number of rotatable bonds is 5. The second kappa shape index (κ2) is 7.01. The number of nitrogens with one attached hydrogen (secondary N) is 1. The van der Waals surface area contributed by atoms with Crippen LogP contribution in [0.4, 0.5) is 0 Å². The van der Waals surface area contributed by atoms with E-state index in [0.29, 0.717) is 12.5 Å². The molecule has 2 atom stereocenters. The molecule has 0 aromatic heterocycles. The highest BCUT2D eigenvalue weighted by Crippen LogP contribution is 2.30. The Bertz CT molecular complexity index is 655. The Labute approximate surface area is 138 Å². The SMILES string of the molecule is CC1CCCC(N)(C(=O)NCc2ccc(CS(C)(=O)=O)cc2)C1. The summed E-state index contributed by atoms with van der Waals surface area (Å²) in [5, 5.41) is 2.92. The van der Waals surface area contributed by atoms with Crippen molar-refractivity contribution in [2.75, 3.05) is 6.26 Å². The van der Waals surface area contributed by atoms with Gasteiger partial charge in [0.05, 0.1) is 11.3 Å². The van der Waals surface area contributed by atoms with Gasteiger partial charge in [-0.05, 0) is 29.9 Å². The van der Waals surface area contributed by atoms with Crippen molar-refractivity contribution in [3.05, 3.63) is 35.4 Å². The lowest BCUT2D eigenvalue weighted by Crippen LogP contribution is -2.56. The molecule has 1 aromatic carbocycles. The number of carbonyl (C=O) groups is 1. The zero-order chi connectivity index (χ0) is 17.1. The molecule has 1 amide bonds. The van der Waals surface area contributed by atoms with Crippen LogP contribution < -0.4 is 11.1 Å². The second-order valence-electron chi connectivity index (χ2n) is 6.93. The van der Waals surface area contributed by atoms with Gasteiger partial charge in [0.1, 0.15) is 0 Å². The van der Waals surface area contributed by atoms with Crippen molar-refractivity contribution in [3.8, 4) is 0 Å². The number of hydrogen-bond donors (Lipinski definition) is 2. The molecule has 0 radical (unpaired) electrons. The molecule has 5 nitrogen and oxygen atoms in total. The first-order valence-corrected chi connectivity index (χ1v) is 10.1. The average molecular weight is 338 g/mol. The minimum Gasteiger partial charge on any atom is -0.350 e. The van der Waals surface area contributed by atoms with Gasteiger partial charge in [0, 0.05) is 12.8 Å². The van der Waals surface area contributed by atoms with E-state index < -0.39 is 15.4 Å². The molecule has 1 fully saturated rings. The molecule has 0 aliphatic heterocycles. The molecule has 2 rings (SSSR count). The molecule has 1 aliphatic rings. The van der Waals surface area contributed by atoms with Crippen molar-refractivity contribution < 1.29 is 13.2 Å². The fourth-order valence-electron chi connectivity index (χ4n) is 3.21. The Morgan fingerprint density at radius 1 is 1.30 bits per heavy atom. The number of carbonyl (C=O) groups excluding carboxylic acids is 1. The molecule has 3 N–H and O–H groups in total. The minimum atomic E-state index is -3.03. The molecule has 1 saturated carbocycles. The van der Waals surface area contributed by atoms with E-state index in [1.165, 1.54) is 6.26 Å². The highest BCUT2D eigenvalue weighted by molar-refractivity contribution is 7.89. The molecule has 23 heavy (non-hydrogen) atoms. The van der Waals surface area contributed by atoms with Gasteiger partial charge in [-0.3, -0.25) is 4.79 Å². The Morgan fingerprint density at radius 2 is 1.91 bits per heavy atom. The molecule has 0 spiro atoms.